The summed E-state index contributed by atoms with van der Waals surface area (Å²) in [5.41, 5.74) is 5.07. The van der Waals surface area contributed by atoms with Gasteiger partial charge in [0.2, 0.25) is 5.91 Å². The minimum Gasteiger partial charge on any atom is -0.338 e. The zero-order valence-corrected chi connectivity index (χ0v) is 14.1. The highest BCUT2D eigenvalue weighted by molar-refractivity contribution is 5.85. The molecule has 0 bridgehead atoms. The molecule has 130 valence electrons. The topological polar surface area (TPSA) is 101 Å². The molecule has 1 aliphatic heterocycles. The highest BCUT2D eigenvalue weighted by Gasteiger charge is 2.27. The summed E-state index contributed by atoms with van der Waals surface area (Å²) in [6, 6.07) is 6.76. The number of halogens is 1. The quantitative estimate of drug-likeness (QED) is 0.834. The van der Waals surface area contributed by atoms with E-state index in [0.29, 0.717) is 23.9 Å². The maximum absolute atomic E-state index is 12.4. The van der Waals surface area contributed by atoms with E-state index in [1.54, 1.807) is 29.2 Å². The first-order chi connectivity index (χ1) is 11.1. The third kappa shape index (κ3) is 3.37. The molecule has 2 heterocycles. The Morgan fingerprint density at radius 2 is 1.96 bits per heavy atom. The van der Waals surface area contributed by atoms with E-state index in [0.717, 1.165) is 12.8 Å². The van der Waals surface area contributed by atoms with Crippen molar-refractivity contribution in [1.29, 1.82) is 0 Å². The van der Waals surface area contributed by atoms with Crippen molar-refractivity contribution >= 4 is 29.1 Å². The number of carbonyl (C=O) groups is 1. The van der Waals surface area contributed by atoms with E-state index in [9.17, 15) is 14.4 Å². The summed E-state index contributed by atoms with van der Waals surface area (Å²) in [5.74, 6) is -0.0288. The SMILES string of the molecule is Cl.NCC1CCCN1C(=O)CCn1[nH]c(=O)c2ccccc2c1=O. The second-order valence-electron chi connectivity index (χ2n) is 5.81. The lowest BCUT2D eigenvalue weighted by molar-refractivity contribution is -0.132. The number of aromatic amines is 1. The summed E-state index contributed by atoms with van der Waals surface area (Å²) < 4.78 is 1.22. The lowest BCUT2D eigenvalue weighted by Gasteiger charge is -2.23. The van der Waals surface area contributed by atoms with Crippen molar-refractivity contribution in [2.24, 2.45) is 5.73 Å². The van der Waals surface area contributed by atoms with E-state index in [-0.39, 0.29) is 48.4 Å². The zero-order chi connectivity index (χ0) is 16.4. The molecule has 2 aromatic rings. The van der Waals surface area contributed by atoms with Crippen LogP contribution in [0.4, 0.5) is 0 Å². The Morgan fingerprint density at radius 1 is 1.25 bits per heavy atom. The van der Waals surface area contributed by atoms with E-state index in [1.807, 2.05) is 0 Å². The molecule has 0 radical (unpaired) electrons. The molecule has 1 aliphatic rings. The van der Waals surface area contributed by atoms with Crippen LogP contribution in [-0.4, -0.2) is 39.7 Å². The number of carbonyl (C=O) groups excluding carboxylic acids is 1. The summed E-state index contributed by atoms with van der Waals surface area (Å²) in [6.45, 7) is 1.33. The number of hydrogen-bond acceptors (Lipinski definition) is 4. The minimum absolute atomic E-state index is 0. The number of hydrogen-bond donors (Lipinski definition) is 2. The predicted molar refractivity (Wildman–Crippen MR) is 94.5 cm³/mol. The molecule has 0 spiro atoms. The Morgan fingerprint density at radius 3 is 2.67 bits per heavy atom. The number of nitrogens with one attached hydrogen (secondary N) is 1. The molecule has 0 aliphatic carbocycles. The van der Waals surface area contributed by atoms with Gasteiger partial charge in [0.15, 0.2) is 0 Å². The minimum atomic E-state index is -0.325. The smallest absolute Gasteiger partial charge is 0.273 e. The van der Waals surface area contributed by atoms with Crippen molar-refractivity contribution in [1.82, 2.24) is 14.7 Å². The van der Waals surface area contributed by atoms with Crippen LogP contribution in [0.1, 0.15) is 19.3 Å². The van der Waals surface area contributed by atoms with E-state index in [1.165, 1.54) is 4.68 Å². The van der Waals surface area contributed by atoms with Crippen molar-refractivity contribution in [2.45, 2.75) is 31.8 Å². The van der Waals surface area contributed by atoms with Gasteiger partial charge in [0.1, 0.15) is 0 Å². The van der Waals surface area contributed by atoms with Gasteiger partial charge in [-0.25, -0.2) is 4.68 Å². The third-order valence-corrected chi connectivity index (χ3v) is 4.40. The summed E-state index contributed by atoms with van der Waals surface area (Å²) >= 11 is 0. The van der Waals surface area contributed by atoms with Crippen LogP contribution in [0.3, 0.4) is 0 Å². The van der Waals surface area contributed by atoms with Gasteiger partial charge in [0.05, 0.1) is 17.3 Å². The first-order valence-corrected chi connectivity index (χ1v) is 7.83. The molecule has 1 aromatic heterocycles. The van der Waals surface area contributed by atoms with Crippen LogP contribution in [-0.2, 0) is 11.3 Å². The van der Waals surface area contributed by atoms with E-state index in [4.69, 9.17) is 5.73 Å². The lowest BCUT2D eigenvalue weighted by atomic mass is 10.2. The highest BCUT2D eigenvalue weighted by Crippen LogP contribution is 2.17. The van der Waals surface area contributed by atoms with Crippen LogP contribution >= 0.6 is 12.4 Å². The number of aromatic nitrogens is 2. The number of fused-ring (bicyclic) bond motifs is 1. The van der Waals surface area contributed by atoms with Gasteiger partial charge in [0, 0.05) is 25.6 Å². The van der Waals surface area contributed by atoms with Gasteiger partial charge < -0.3 is 10.6 Å². The van der Waals surface area contributed by atoms with Crippen molar-refractivity contribution < 1.29 is 4.79 Å². The number of H-pyrrole nitrogens is 1. The largest absolute Gasteiger partial charge is 0.338 e. The van der Waals surface area contributed by atoms with Crippen LogP contribution in [0.15, 0.2) is 33.9 Å². The van der Waals surface area contributed by atoms with Gasteiger partial charge in [-0.05, 0) is 25.0 Å². The molecule has 3 N–H and O–H groups in total. The Labute approximate surface area is 144 Å². The lowest BCUT2D eigenvalue weighted by Crippen LogP contribution is -2.41. The molecule has 24 heavy (non-hydrogen) atoms. The van der Waals surface area contributed by atoms with Crippen LogP contribution in [0.2, 0.25) is 0 Å². The monoisotopic (exact) mass is 352 g/mol. The average Bonchev–Trinajstić information content (AvgIpc) is 3.05. The molecule has 1 atom stereocenters. The van der Waals surface area contributed by atoms with Crippen LogP contribution in [0, 0.1) is 0 Å². The molecule has 8 heteroatoms. The molecule has 1 amide bonds. The predicted octanol–water partition coefficient (Wildman–Crippen LogP) is 0.451. The standard InChI is InChI=1S/C16H20N4O3.ClH/c17-10-11-4-3-8-19(11)14(21)7-9-20-16(23)13-6-2-1-5-12(13)15(22)18-20;/h1-2,5-6,11H,3-4,7-10,17H2,(H,18,22);1H. The van der Waals surface area contributed by atoms with Crippen molar-refractivity contribution in [3.8, 4) is 0 Å². The molecule has 1 aromatic carbocycles. The number of rotatable bonds is 4. The van der Waals surface area contributed by atoms with Crippen molar-refractivity contribution in [3.05, 3.63) is 45.0 Å². The van der Waals surface area contributed by atoms with E-state index < -0.39 is 0 Å². The van der Waals surface area contributed by atoms with Crippen molar-refractivity contribution in [3.63, 3.8) is 0 Å². The second-order valence-corrected chi connectivity index (χ2v) is 5.81. The molecule has 1 saturated heterocycles. The highest BCUT2D eigenvalue weighted by atomic mass is 35.5. The van der Waals surface area contributed by atoms with Gasteiger partial charge in [-0.3, -0.25) is 19.5 Å². The number of amides is 1. The number of nitrogens with two attached hydrogens (primary N) is 1. The zero-order valence-electron chi connectivity index (χ0n) is 13.2. The molecule has 7 nitrogen and oxygen atoms in total. The normalized spacial score (nSPS) is 17.0. The van der Waals surface area contributed by atoms with Gasteiger partial charge >= 0.3 is 0 Å². The summed E-state index contributed by atoms with van der Waals surface area (Å²) in [4.78, 5) is 38.5. The molecule has 0 saturated carbocycles. The average molecular weight is 353 g/mol. The Hall–Kier alpha value is -2.12. The fourth-order valence-electron chi connectivity index (χ4n) is 3.16. The molecule has 1 fully saturated rings. The second kappa shape index (κ2) is 7.63. The van der Waals surface area contributed by atoms with Gasteiger partial charge in [-0.15, -0.1) is 12.4 Å². The number of aryl methyl sites for hydroxylation is 1. The molecule has 3 rings (SSSR count). The number of benzene rings is 1. The fourth-order valence-corrected chi connectivity index (χ4v) is 3.16. The first kappa shape index (κ1) is 18.2. The maximum atomic E-state index is 12.4. The summed E-state index contributed by atoms with van der Waals surface area (Å²) in [5, 5.41) is 3.27. The van der Waals surface area contributed by atoms with Crippen molar-refractivity contribution in [2.75, 3.05) is 13.1 Å². The van der Waals surface area contributed by atoms with Gasteiger partial charge in [-0.2, -0.15) is 0 Å². The Balaban J connectivity index is 0.00000208. The maximum Gasteiger partial charge on any atom is 0.273 e. The van der Waals surface area contributed by atoms with E-state index >= 15 is 0 Å². The van der Waals surface area contributed by atoms with Crippen LogP contribution < -0.4 is 16.9 Å². The third-order valence-electron chi connectivity index (χ3n) is 4.40. The fraction of sp³-hybridized carbons (Fsp3) is 0.438. The Kier molecular flexibility index (Phi) is 5.80. The van der Waals surface area contributed by atoms with E-state index in [2.05, 4.69) is 5.10 Å². The first-order valence-electron chi connectivity index (χ1n) is 7.83. The Bertz CT molecular complexity index is 845. The molecular formula is C16H21ClN4O3. The molecular weight excluding hydrogens is 332 g/mol. The number of nitrogens with zero attached hydrogens (tertiary/aromatic N) is 2. The van der Waals surface area contributed by atoms with Crippen LogP contribution in [0.5, 0.6) is 0 Å². The van der Waals surface area contributed by atoms with Crippen LogP contribution in [0.25, 0.3) is 10.8 Å². The van der Waals surface area contributed by atoms with Gasteiger partial charge in [-0.1, -0.05) is 12.1 Å². The number of likely N-dealkylation sites (tertiary alicyclic amines) is 1. The summed E-state index contributed by atoms with van der Waals surface area (Å²) in [6.07, 6.45) is 2.06. The van der Waals surface area contributed by atoms with Gasteiger partial charge in [0.25, 0.3) is 11.1 Å². The summed E-state index contributed by atoms with van der Waals surface area (Å²) in [7, 11) is 0. The molecule has 1 unspecified atom stereocenters.